The number of hydrogen-bond donors (Lipinski definition) is 2. The third-order valence-electron chi connectivity index (χ3n) is 16.8. The van der Waals surface area contributed by atoms with Gasteiger partial charge in [0.15, 0.2) is 6.29 Å². The molecule has 0 aromatic rings. The van der Waals surface area contributed by atoms with Crippen LogP contribution >= 0.6 is 0 Å². The van der Waals surface area contributed by atoms with E-state index in [1.165, 1.54) is 31.1 Å². The van der Waals surface area contributed by atoms with Crippen molar-refractivity contribution in [3.8, 4) is 0 Å². The van der Waals surface area contributed by atoms with E-state index in [9.17, 15) is 24.6 Å². The van der Waals surface area contributed by atoms with Crippen molar-refractivity contribution in [3.05, 3.63) is 18.1 Å². The number of hydrogen-bond acceptors (Lipinski definition) is 7. The van der Waals surface area contributed by atoms with E-state index in [1.54, 1.807) is 19.8 Å². The molecular weight excluding hydrogens is 660 g/mol. The van der Waals surface area contributed by atoms with Gasteiger partial charge in [0.1, 0.15) is 17.7 Å². The van der Waals surface area contributed by atoms with Crippen molar-refractivity contribution < 1.29 is 38.8 Å². The molecule has 2 amide bonds. The summed E-state index contributed by atoms with van der Waals surface area (Å²) in [5.74, 6) is 1.78. The number of nitrogens with zero attached hydrogens (tertiary/aromatic N) is 2. The summed E-state index contributed by atoms with van der Waals surface area (Å²) in [7, 11) is 0. The van der Waals surface area contributed by atoms with Crippen LogP contribution in [0.2, 0.25) is 0 Å². The Hall–Kier alpha value is -1.75. The van der Waals surface area contributed by atoms with Gasteiger partial charge >= 0.3 is 5.97 Å². The lowest BCUT2D eigenvalue weighted by atomic mass is 9.41. The molecule has 8 aliphatic rings. The molecule has 289 valence electrons. The summed E-state index contributed by atoms with van der Waals surface area (Å²) < 4.78 is 19.7. The smallest absolute Gasteiger partial charge is 0.329 e. The van der Waals surface area contributed by atoms with Gasteiger partial charge in [-0.3, -0.25) is 9.59 Å². The van der Waals surface area contributed by atoms with E-state index < -0.39 is 23.0 Å². The van der Waals surface area contributed by atoms with Crippen LogP contribution in [0.4, 0.5) is 0 Å². The van der Waals surface area contributed by atoms with Crippen LogP contribution in [0, 0.1) is 68.9 Å². The van der Waals surface area contributed by atoms with E-state index in [0.717, 1.165) is 44.6 Å². The molecule has 3 radical (unpaired) electrons. The quantitative estimate of drug-likeness (QED) is 0.305. The number of morpholine rings is 1. The zero-order valence-electron chi connectivity index (χ0n) is 32.9. The molecule has 52 heavy (non-hydrogen) atoms. The van der Waals surface area contributed by atoms with Gasteiger partial charge in [0.05, 0.1) is 31.9 Å². The molecule has 6 saturated carbocycles. The van der Waals surface area contributed by atoms with Crippen LogP contribution in [0.15, 0.2) is 0 Å². The van der Waals surface area contributed by atoms with Crippen molar-refractivity contribution >= 4 is 17.8 Å². The molecule has 2 saturated heterocycles. The van der Waals surface area contributed by atoms with E-state index in [4.69, 9.17) is 14.2 Å². The number of fused-ring (bicyclic) bond motifs is 4. The highest BCUT2D eigenvalue weighted by Crippen LogP contribution is 2.90. The van der Waals surface area contributed by atoms with Crippen LogP contribution in [-0.2, 0) is 28.6 Å². The van der Waals surface area contributed by atoms with E-state index in [0.29, 0.717) is 50.5 Å². The van der Waals surface area contributed by atoms with E-state index >= 15 is 0 Å². The fourth-order valence-corrected chi connectivity index (χ4v) is 13.6. The number of amides is 2. The summed E-state index contributed by atoms with van der Waals surface area (Å²) in [4.78, 5) is 41.1. The van der Waals surface area contributed by atoms with Gasteiger partial charge in [-0.1, -0.05) is 34.6 Å². The molecule has 10 nitrogen and oxygen atoms in total. The fraction of sp³-hybridized carbons (Fsp3) is 0.857. The molecular formula is C42H63N2O8. The minimum atomic E-state index is -1.38. The summed E-state index contributed by atoms with van der Waals surface area (Å²) in [6, 6.07) is 0. The van der Waals surface area contributed by atoms with Gasteiger partial charge < -0.3 is 34.2 Å². The number of aliphatic hydroxyl groups is 1. The monoisotopic (exact) mass is 723 g/mol. The lowest BCUT2D eigenvalue weighted by Gasteiger charge is -2.63. The highest BCUT2D eigenvalue weighted by Gasteiger charge is 2.85. The summed E-state index contributed by atoms with van der Waals surface area (Å²) in [6.45, 7) is 18.1. The topological polar surface area (TPSA) is 126 Å². The predicted molar refractivity (Wildman–Crippen MR) is 192 cm³/mol. The Balaban J connectivity index is 0.992. The second kappa shape index (κ2) is 12.1. The van der Waals surface area contributed by atoms with E-state index in [-0.39, 0.29) is 64.2 Å². The van der Waals surface area contributed by atoms with Crippen molar-refractivity contribution in [2.24, 2.45) is 50.7 Å². The van der Waals surface area contributed by atoms with Crippen LogP contribution in [0.25, 0.3) is 0 Å². The van der Waals surface area contributed by atoms with Gasteiger partial charge in [-0.2, -0.15) is 0 Å². The molecule has 1 unspecified atom stereocenters. The normalized spacial score (nSPS) is 44.5. The summed E-state index contributed by atoms with van der Waals surface area (Å²) in [5.41, 5.74) is -1.72. The predicted octanol–water partition coefficient (Wildman–Crippen LogP) is 6.17. The number of carboxylic acid groups (broad SMARTS) is 1. The first kappa shape index (κ1) is 37.2. The zero-order chi connectivity index (χ0) is 37.4. The Morgan fingerprint density at radius 2 is 1.79 bits per heavy atom. The van der Waals surface area contributed by atoms with Gasteiger partial charge in [0, 0.05) is 31.2 Å². The molecule has 2 aliphatic heterocycles. The minimum Gasteiger partial charge on any atom is -0.480 e. The van der Waals surface area contributed by atoms with E-state index in [1.807, 2.05) is 4.90 Å². The van der Waals surface area contributed by atoms with Crippen LogP contribution in [0.5, 0.6) is 0 Å². The van der Waals surface area contributed by atoms with Gasteiger partial charge in [0.25, 0.3) is 0 Å². The number of carbonyl (C=O) groups is 3. The third kappa shape index (κ3) is 5.11. The molecule has 2 N–H and O–H groups in total. The van der Waals surface area contributed by atoms with Gasteiger partial charge in [0.2, 0.25) is 11.8 Å². The Morgan fingerprint density at radius 1 is 1.06 bits per heavy atom. The molecule has 0 aromatic heterocycles. The SMILES string of the molecule is CC(=O)N(C[C]1C[C@@H](C)[C@H]2[C](O1)[C@H](O)[C@@]1(C)[C]3CC[C@H]4C(C)(C)C(O[C@H]5CN(C(=O)CC6CC6)CCO5)CC[C@@]45C[C@@]35CC[C@]21C)C(C)(C)C(=O)O. The number of ether oxygens (including phenoxy) is 3. The lowest BCUT2D eigenvalue weighted by molar-refractivity contribution is -0.242. The Kier molecular flexibility index (Phi) is 8.67. The largest absolute Gasteiger partial charge is 0.480 e. The minimum absolute atomic E-state index is 0.0522. The molecule has 0 bridgehead atoms. The van der Waals surface area contributed by atoms with Crippen molar-refractivity contribution in [2.75, 3.05) is 26.2 Å². The highest BCUT2D eigenvalue weighted by atomic mass is 16.7. The fourth-order valence-electron chi connectivity index (χ4n) is 13.6. The zero-order valence-corrected chi connectivity index (χ0v) is 32.9. The standard InChI is InChI=1S/C42H63N2O8/c1-24-19-27(21-44(25(2)45)38(5,6)36(48)49)51-34-33(24)39(7)15-16-42-23-41(42)14-13-30(37(3,4)28(41)11-12-29(42)40(39,8)35(34)47)52-32-22-43(17-18-50-32)31(46)20-26-9-10-26/h24,26,28,30,32-33,35,47H,9-23H2,1-8H3,(H,48,49)/t24-,28+,30?,32+,33+,35+,39-,40-,41-,42+/m1/s1. The van der Waals surface area contributed by atoms with Crippen molar-refractivity contribution in [3.63, 3.8) is 0 Å². The second-order valence-corrected chi connectivity index (χ2v) is 20.0. The first-order valence-corrected chi connectivity index (χ1v) is 20.3. The van der Waals surface area contributed by atoms with Crippen molar-refractivity contribution in [1.82, 2.24) is 9.80 Å². The number of aliphatic hydroxyl groups excluding tert-OH is 1. The van der Waals surface area contributed by atoms with Crippen molar-refractivity contribution in [1.29, 1.82) is 0 Å². The lowest BCUT2D eigenvalue weighted by Crippen LogP contribution is -2.59. The number of rotatable bonds is 8. The average Bonchev–Trinajstić information content (AvgIpc) is 4.00. The van der Waals surface area contributed by atoms with Gasteiger partial charge in [-0.15, -0.1) is 0 Å². The molecule has 0 aromatic carbocycles. The Labute approximate surface area is 311 Å². The number of carbonyl (C=O) groups excluding carboxylic acids is 2. The molecule has 8 rings (SSSR count). The molecule has 6 aliphatic carbocycles. The maximum atomic E-state index is 12.9. The van der Waals surface area contributed by atoms with Crippen LogP contribution in [-0.4, -0.2) is 88.1 Å². The molecule has 10 heteroatoms. The number of aliphatic carboxylic acids is 1. The van der Waals surface area contributed by atoms with Gasteiger partial charge in [-0.05, 0) is 123 Å². The third-order valence-corrected chi connectivity index (χ3v) is 16.8. The maximum Gasteiger partial charge on any atom is 0.329 e. The second-order valence-electron chi connectivity index (χ2n) is 20.0. The molecule has 2 heterocycles. The first-order chi connectivity index (χ1) is 24.3. The molecule has 10 atom stereocenters. The average molecular weight is 724 g/mol. The van der Waals surface area contributed by atoms with Crippen LogP contribution in [0.3, 0.4) is 0 Å². The Morgan fingerprint density at radius 3 is 2.46 bits per heavy atom. The summed E-state index contributed by atoms with van der Waals surface area (Å²) in [6.07, 6.45) is 11.5. The maximum absolute atomic E-state index is 12.9. The molecule has 2 spiro atoms. The van der Waals surface area contributed by atoms with Crippen LogP contribution < -0.4 is 0 Å². The Bertz CT molecular complexity index is 1480. The number of carboxylic acids is 1. The first-order valence-electron chi connectivity index (χ1n) is 20.3. The summed E-state index contributed by atoms with van der Waals surface area (Å²) >= 11 is 0. The molecule has 8 fully saturated rings. The van der Waals surface area contributed by atoms with Crippen molar-refractivity contribution in [2.45, 2.75) is 150 Å². The van der Waals surface area contributed by atoms with E-state index in [2.05, 4.69) is 34.6 Å². The van der Waals surface area contributed by atoms with Crippen LogP contribution in [0.1, 0.15) is 126 Å². The highest BCUT2D eigenvalue weighted by molar-refractivity contribution is 5.85. The summed E-state index contributed by atoms with van der Waals surface area (Å²) in [5, 5.41) is 22.5. The van der Waals surface area contributed by atoms with Gasteiger partial charge in [-0.25, -0.2) is 4.79 Å².